The van der Waals surface area contributed by atoms with Gasteiger partial charge in [0.1, 0.15) is 11.8 Å². The number of nitrogens with zero attached hydrogens (tertiary/aromatic N) is 2. The Morgan fingerprint density at radius 2 is 1.90 bits per heavy atom. The maximum atomic E-state index is 8.87. The van der Waals surface area contributed by atoms with Gasteiger partial charge in [0.2, 0.25) is 0 Å². The van der Waals surface area contributed by atoms with Crippen molar-refractivity contribution in [3.05, 3.63) is 58.6 Å². The number of hydrogen-bond donors (Lipinski definition) is 0. The highest BCUT2D eigenvalue weighted by atomic mass is 35.5. The lowest BCUT2D eigenvalue weighted by atomic mass is 10.1. The summed E-state index contributed by atoms with van der Waals surface area (Å²) in [6.45, 7) is 0.756. The molecule has 0 radical (unpaired) electrons. The molecule has 0 unspecified atom stereocenters. The lowest BCUT2D eigenvalue weighted by Gasteiger charge is -2.20. The van der Waals surface area contributed by atoms with Gasteiger partial charge >= 0.3 is 0 Å². The first-order valence-corrected chi connectivity index (χ1v) is 6.55. The summed E-state index contributed by atoms with van der Waals surface area (Å²) >= 11 is 6.05. The van der Waals surface area contributed by atoms with Crippen LogP contribution in [0.25, 0.3) is 0 Å². The topological polar surface area (TPSA) is 36.3 Å². The summed E-state index contributed by atoms with van der Waals surface area (Å²) in [7, 11) is 3.64. The third-order valence-corrected chi connectivity index (χ3v) is 3.41. The van der Waals surface area contributed by atoms with Crippen molar-refractivity contribution < 1.29 is 4.74 Å². The zero-order valence-electron chi connectivity index (χ0n) is 11.4. The summed E-state index contributed by atoms with van der Waals surface area (Å²) in [5, 5.41) is 9.35. The van der Waals surface area contributed by atoms with Crippen molar-refractivity contribution >= 4 is 17.3 Å². The summed E-state index contributed by atoms with van der Waals surface area (Å²) in [6, 6.07) is 15.4. The fourth-order valence-corrected chi connectivity index (χ4v) is 2.15. The molecule has 0 bridgehead atoms. The van der Waals surface area contributed by atoms with E-state index < -0.39 is 0 Å². The van der Waals surface area contributed by atoms with E-state index in [9.17, 15) is 0 Å². The van der Waals surface area contributed by atoms with Crippen molar-refractivity contribution in [3.8, 4) is 11.8 Å². The predicted molar refractivity (Wildman–Crippen MR) is 81.3 cm³/mol. The van der Waals surface area contributed by atoms with E-state index in [1.165, 1.54) is 5.56 Å². The van der Waals surface area contributed by atoms with Gasteiger partial charge in [0.05, 0.1) is 17.7 Å². The molecular weight excluding hydrogens is 272 g/mol. The Hall–Kier alpha value is -2.18. The van der Waals surface area contributed by atoms with Crippen LogP contribution in [0, 0.1) is 11.3 Å². The second-order valence-electron chi connectivity index (χ2n) is 4.48. The summed E-state index contributed by atoms with van der Waals surface area (Å²) in [4.78, 5) is 2.08. The number of anilines is 1. The fraction of sp³-hybridized carbons (Fsp3) is 0.188. The molecule has 3 nitrogen and oxygen atoms in total. The van der Waals surface area contributed by atoms with Gasteiger partial charge in [-0.1, -0.05) is 23.7 Å². The average Bonchev–Trinajstić information content (AvgIpc) is 2.48. The van der Waals surface area contributed by atoms with Crippen molar-refractivity contribution in [1.29, 1.82) is 5.26 Å². The van der Waals surface area contributed by atoms with Crippen LogP contribution in [0.2, 0.25) is 5.02 Å². The third-order valence-electron chi connectivity index (χ3n) is 3.09. The minimum atomic E-state index is 0.478. The second-order valence-corrected chi connectivity index (χ2v) is 4.89. The van der Waals surface area contributed by atoms with E-state index >= 15 is 0 Å². The third kappa shape index (κ3) is 3.23. The molecule has 0 fully saturated rings. The molecule has 0 heterocycles. The molecule has 102 valence electrons. The van der Waals surface area contributed by atoms with Crippen LogP contribution in [0.4, 0.5) is 5.69 Å². The second kappa shape index (κ2) is 6.31. The van der Waals surface area contributed by atoms with Gasteiger partial charge in [-0.25, -0.2) is 0 Å². The van der Waals surface area contributed by atoms with E-state index in [2.05, 4.69) is 11.0 Å². The average molecular weight is 287 g/mol. The zero-order valence-corrected chi connectivity index (χ0v) is 12.2. The molecule has 0 N–H and O–H groups in total. The molecule has 0 aliphatic carbocycles. The quantitative estimate of drug-likeness (QED) is 0.856. The Balaban J connectivity index is 2.13. The van der Waals surface area contributed by atoms with E-state index in [1.807, 2.05) is 43.4 Å². The largest absolute Gasteiger partial charge is 0.497 e. The highest BCUT2D eigenvalue weighted by Crippen LogP contribution is 2.24. The first-order valence-electron chi connectivity index (χ1n) is 6.17. The summed E-state index contributed by atoms with van der Waals surface area (Å²) < 4.78 is 5.14. The van der Waals surface area contributed by atoms with E-state index in [0.717, 1.165) is 18.0 Å². The van der Waals surface area contributed by atoms with Crippen LogP contribution in [0.1, 0.15) is 11.1 Å². The number of halogens is 1. The molecule has 0 saturated carbocycles. The van der Waals surface area contributed by atoms with E-state index in [0.29, 0.717) is 10.6 Å². The maximum Gasteiger partial charge on any atom is 0.118 e. The Labute approximate surface area is 124 Å². The molecule has 2 rings (SSSR count). The van der Waals surface area contributed by atoms with E-state index in [-0.39, 0.29) is 0 Å². The predicted octanol–water partition coefficient (Wildman–Crippen LogP) is 3.86. The normalized spacial score (nSPS) is 9.90. The Kier molecular flexibility index (Phi) is 4.49. The molecule has 0 atom stereocenters. The van der Waals surface area contributed by atoms with Crippen LogP contribution in [-0.4, -0.2) is 14.2 Å². The van der Waals surface area contributed by atoms with Crippen LogP contribution >= 0.6 is 11.6 Å². The van der Waals surface area contributed by atoms with Gasteiger partial charge in [0.15, 0.2) is 0 Å². The molecule has 0 spiro atoms. The number of ether oxygens (including phenoxy) is 1. The van der Waals surface area contributed by atoms with Gasteiger partial charge < -0.3 is 9.64 Å². The van der Waals surface area contributed by atoms with Gasteiger partial charge in [-0.15, -0.1) is 0 Å². The fourth-order valence-electron chi connectivity index (χ4n) is 1.93. The number of nitriles is 1. The van der Waals surface area contributed by atoms with E-state index in [4.69, 9.17) is 21.6 Å². The molecule has 4 heteroatoms. The van der Waals surface area contributed by atoms with Crippen LogP contribution in [-0.2, 0) is 6.54 Å². The molecule has 2 aromatic carbocycles. The molecule has 0 aromatic heterocycles. The van der Waals surface area contributed by atoms with E-state index in [1.54, 1.807) is 13.2 Å². The standard InChI is InChI=1S/C16H15ClN2O/c1-19(11-12-3-7-15(20-2)8-4-12)14-6-5-13(10-18)16(17)9-14/h3-9H,11H2,1-2H3. The van der Waals surface area contributed by atoms with Crippen molar-refractivity contribution in [1.82, 2.24) is 0 Å². The summed E-state index contributed by atoms with van der Waals surface area (Å²) in [5.74, 6) is 0.845. The highest BCUT2D eigenvalue weighted by Gasteiger charge is 2.06. The Morgan fingerprint density at radius 1 is 1.20 bits per heavy atom. The molecule has 0 amide bonds. The number of hydrogen-bond acceptors (Lipinski definition) is 3. The van der Waals surface area contributed by atoms with Crippen LogP contribution in [0.5, 0.6) is 5.75 Å². The zero-order chi connectivity index (χ0) is 14.5. The van der Waals surface area contributed by atoms with Gasteiger partial charge in [-0.3, -0.25) is 0 Å². The number of benzene rings is 2. The van der Waals surface area contributed by atoms with Crippen LogP contribution in [0.15, 0.2) is 42.5 Å². The first-order chi connectivity index (χ1) is 9.63. The summed E-state index contributed by atoms with van der Waals surface area (Å²) in [6.07, 6.45) is 0. The molecule has 2 aromatic rings. The molecule has 20 heavy (non-hydrogen) atoms. The van der Waals surface area contributed by atoms with Crippen molar-refractivity contribution in [2.24, 2.45) is 0 Å². The smallest absolute Gasteiger partial charge is 0.118 e. The minimum absolute atomic E-state index is 0.478. The molecule has 0 aliphatic rings. The minimum Gasteiger partial charge on any atom is -0.497 e. The molecule has 0 saturated heterocycles. The number of rotatable bonds is 4. The highest BCUT2D eigenvalue weighted by molar-refractivity contribution is 6.32. The van der Waals surface area contributed by atoms with Gasteiger partial charge in [0, 0.05) is 19.3 Å². The molecule has 0 aliphatic heterocycles. The lowest BCUT2D eigenvalue weighted by molar-refractivity contribution is 0.414. The van der Waals surface area contributed by atoms with Crippen LogP contribution in [0.3, 0.4) is 0 Å². The van der Waals surface area contributed by atoms with Gasteiger partial charge in [-0.2, -0.15) is 5.26 Å². The molecular formula is C16H15ClN2O. The summed E-state index contributed by atoms with van der Waals surface area (Å²) in [5.41, 5.74) is 2.65. The lowest BCUT2D eigenvalue weighted by Crippen LogP contribution is -2.16. The monoisotopic (exact) mass is 286 g/mol. The van der Waals surface area contributed by atoms with Crippen molar-refractivity contribution in [2.75, 3.05) is 19.1 Å². The van der Waals surface area contributed by atoms with Crippen molar-refractivity contribution in [2.45, 2.75) is 6.54 Å². The van der Waals surface area contributed by atoms with Crippen LogP contribution < -0.4 is 9.64 Å². The van der Waals surface area contributed by atoms with Crippen molar-refractivity contribution in [3.63, 3.8) is 0 Å². The van der Waals surface area contributed by atoms with Gasteiger partial charge in [-0.05, 0) is 35.9 Å². The Morgan fingerprint density at radius 3 is 2.45 bits per heavy atom. The first kappa shape index (κ1) is 14.2. The number of methoxy groups -OCH3 is 1. The van der Waals surface area contributed by atoms with Gasteiger partial charge in [0.25, 0.3) is 0 Å². The Bertz CT molecular complexity index is 632. The maximum absolute atomic E-state index is 8.87. The SMILES string of the molecule is COc1ccc(CN(C)c2ccc(C#N)c(Cl)c2)cc1.